The van der Waals surface area contributed by atoms with Crippen LogP contribution in [0.1, 0.15) is 5.56 Å². The summed E-state index contributed by atoms with van der Waals surface area (Å²) in [5, 5.41) is 1.21. The van der Waals surface area contributed by atoms with E-state index in [9.17, 15) is 0 Å². The van der Waals surface area contributed by atoms with Crippen LogP contribution in [0.15, 0.2) is 65.7 Å². The summed E-state index contributed by atoms with van der Waals surface area (Å²) in [6.45, 7) is 0. The Hall–Kier alpha value is -2.00. The quantitative estimate of drug-likeness (QED) is 0.573. The zero-order chi connectivity index (χ0) is 13.1. The highest BCUT2D eigenvalue weighted by atomic mass is 32.2. The predicted octanol–water partition coefficient (Wildman–Crippen LogP) is 4.11. The number of nitrogens with two attached hydrogens (primary N) is 1. The van der Waals surface area contributed by atoms with Crippen molar-refractivity contribution in [2.24, 2.45) is 0 Å². The van der Waals surface area contributed by atoms with Crippen LogP contribution in [0.4, 0.5) is 5.69 Å². The van der Waals surface area contributed by atoms with Crippen LogP contribution in [0.2, 0.25) is 0 Å². The van der Waals surface area contributed by atoms with Crippen LogP contribution >= 0.6 is 11.8 Å². The topological polar surface area (TPSA) is 38.9 Å². The van der Waals surface area contributed by atoms with Crippen molar-refractivity contribution in [1.29, 1.82) is 0 Å². The maximum absolute atomic E-state index is 5.96. The first kappa shape index (κ1) is 12.1. The minimum atomic E-state index is 0.839. The van der Waals surface area contributed by atoms with Crippen LogP contribution in [0.3, 0.4) is 0 Å². The summed E-state index contributed by atoms with van der Waals surface area (Å²) in [5.41, 5.74) is 9.14. The van der Waals surface area contributed by atoms with E-state index in [0.717, 1.165) is 21.9 Å². The summed E-state index contributed by atoms with van der Waals surface area (Å²) in [6, 6.07) is 18.3. The summed E-state index contributed by atoms with van der Waals surface area (Å²) in [7, 11) is 0. The number of para-hydroxylation sites is 2. The zero-order valence-electron chi connectivity index (χ0n) is 10.4. The fourth-order valence-electron chi connectivity index (χ4n) is 2.05. The first-order chi connectivity index (χ1) is 9.34. The van der Waals surface area contributed by atoms with Crippen LogP contribution in [0, 0.1) is 0 Å². The molecule has 3 heteroatoms. The van der Waals surface area contributed by atoms with Crippen LogP contribution in [0.5, 0.6) is 0 Å². The fourth-order valence-corrected chi connectivity index (χ4v) is 3.02. The van der Waals surface area contributed by atoms with Gasteiger partial charge in [0.2, 0.25) is 0 Å². The van der Waals surface area contributed by atoms with Crippen molar-refractivity contribution in [3.05, 3.63) is 66.4 Å². The number of hydrogen-bond donors (Lipinski definition) is 1. The Kier molecular flexibility index (Phi) is 3.38. The second-order valence-electron chi connectivity index (χ2n) is 4.31. The molecule has 0 aliphatic heterocycles. The molecular formula is C16H14N2S. The molecule has 0 saturated carbocycles. The van der Waals surface area contributed by atoms with Gasteiger partial charge in [-0.3, -0.25) is 4.98 Å². The van der Waals surface area contributed by atoms with Gasteiger partial charge >= 0.3 is 0 Å². The van der Waals surface area contributed by atoms with E-state index in [2.05, 4.69) is 29.2 Å². The van der Waals surface area contributed by atoms with E-state index in [4.69, 9.17) is 5.73 Å². The number of hydrogen-bond acceptors (Lipinski definition) is 3. The average molecular weight is 266 g/mol. The smallest absolute Gasteiger partial charge is 0.0705 e. The third-order valence-electron chi connectivity index (χ3n) is 3.04. The monoisotopic (exact) mass is 266 g/mol. The molecule has 2 N–H and O–H groups in total. The number of fused-ring (bicyclic) bond motifs is 1. The minimum absolute atomic E-state index is 0.839. The van der Waals surface area contributed by atoms with Gasteiger partial charge < -0.3 is 5.73 Å². The van der Waals surface area contributed by atoms with Gasteiger partial charge in [-0.15, -0.1) is 11.8 Å². The van der Waals surface area contributed by atoms with E-state index in [-0.39, 0.29) is 0 Å². The molecule has 94 valence electrons. The van der Waals surface area contributed by atoms with Gasteiger partial charge in [0.05, 0.1) is 5.52 Å². The second-order valence-corrected chi connectivity index (χ2v) is 5.33. The lowest BCUT2D eigenvalue weighted by Crippen LogP contribution is -1.89. The lowest BCUT2D eigenvalue weighted by atomic mass is 10.1. The normalized spacial score (nSPS) is 10.7. The highest BCUT2D eigenvalue weighted by Crippen LogP contribution is 2.29. The number of pyridine rings is 1. The molecule has 0 unspecified atom stereocenters. The van der Waals surface area contributed by atoms with Gasteiger partial charge in [-0.25, -0.2) is 0 Å². The van der Waals surface area contributed by atoms with Crippen molar-refractivity contribution >= 4 is 28.4 Å². The van der Waals surface area contributed by atoms with Gasteiger partial charge in [0.1, 0.15) is 0 Å². The lowest BCUT2D eigenvalue weighted by molar-refractivity contribution is 1.34. The van der Waals surface area contributed by atoms with Crippen LogP contribution in [-0.2, 0) is 5.75 Å². The van der Waals surface area contributed by atoms with Crippen LogP contribution in [-0.4, -0.2) is 4.98 Å². The molecule has 3 aromatic rings. The fraction of sp³-hybridized carbons (Fsp3) is 0.0625. The van der Waals surface area contributed by atoms with E-state index < -0.39 is 0 Å². The summed E-state index contributed by atoms with van der Waals surface area (Å²) in [6.07, 6.45) is 1.87. The molecule has 0 bridgehead atoms. The van der Waals surface area contributed by atoms with Gasteiger partial charge in [0.15, 0.2) is 0 Å². The van der Waals surface area contributed by atoms with Gasteiger partial charge in [0.25, 0.3) is 0 Å². The molecule has 1 aromatic heterocycles. The Morgan fingerprint density at radius 3 is 2.63 bits per heavy atom. The first-order valence-corrected chi connectivity index (χ1v) is 7.13. The Morgan fingerprint density at radius 1 is 0.947 bits per heavy atom. The number of rotatable bonds is 3. The summed E-state index contributed by atoms with van der Waals surface area (Å²) >= 11 is 1.76. The molecule has 0 atom stereocenters. The minimum Gasteiger partial charge on any atom is -0.398 e. The first-order valence-electron chi connectivity index (χ1n) is 6.14. The van der Waals surface area contributed by atoms with Crippen LogP contribution in [0.25, 0.3) is 10.9 Å². The highest BCUT2D eigenvalue weighted by Gasteiger charge is 2.03. The number of nitrogens with zero attached hydrogens (tertiary/aromatic N) is 1. The summed E-state index contributed by atoms with van der Waals surface area (Å²) in [4.78, 5) is 5.51. The average Bonchev–Trinajstić information content (AvgIpc) is 2.46. The number of aromatic nitrogens is 1. The largest absolute Gasteiger partial charge is 0.398 e. The molecule has 2 nitrogen and oxygen atoms in total. The molecular weight excluding hydrogens is 252 g/mol. The van der Waals surface area contributed by atoms with Crippen molar-refractivity contribution in [3.8, 4) is 0 Å². The number of anilines is 1. The van der Waals surface area contributed by atoms with E-state index in [1.165, 1.54) is 10.9 Å². The third-order valence-corrected chi connectivity index (χ3v) is 4.18. The van der Waals surface area contributed by atoms with Gasteiger partial charge in [-0.2, -0.15) is 0 Å². The molecule has 0 amide bonds. The van der Waals surface area contributed by atoms with Gasteiger partial charge in [-0.1, -0.05) is 30.3 Å². The molecule has 0 fully saturated rings. The van der Waals surface area contributed by atoms with Crippen LogP contribution < -0.4 is 5.73 Å². The second kappa shape index (κ2) is 5.33. The molecule has 2 aromatic carbocycles. The highest BCUT2D eigenvalue weighted by molar-refractivity contribution is 7.98. The SMILES string of the molecule is Nc1ccccc1SCc1ccnc2ccccc12. The van der Waals surface area contributed by atoms with Crippen molar-refractivity contribution in [2.75, 3.05) is 5.73 Å². The van der Waals surface area contributed by atoms with E-state index in [1.54, 1.807) is 11.8 Å². The van der Waals surface area contributed by atoms with Crippen molar-refractivity contribution in [1.82, 2.24) is 4.98 Å². The molecule has 3 rings (SSSR count). The zero-order valence-corrected chi connectivity index (χ0v) is 11.2. The predicted molar refractivity (Wildman–Crippen MR) is 82.2 cm³/mol. The summed E-state index contributed by atoms with van der Waals surface area (Å²) < 4.78 is 0. The van der Waals surface area contributed by atoms with Gasteiger partial charge in [-0.05, 0) is 29.8 Å². The molecule has 0 aliphatic carbocycles. The standard InChI is InChI=1S/C16H14N2S/c17-14-6-2-4-8-16(14)19-11-12-9-10-18-15-7-3-1-5-13(12)15/h1-10H,11,17H2. The summed E-state index contributed by atoms with van der Waals surface area (Å²) in [5.74, 6) is 0.900. The van der Waals surface area contributed by atoms with Crippen molar-refractivity contribution in [3.63, 3.8) is 0 Å². The third kappa shape index (κ3) is 2.56. The Morgan fingerprint density at radius 2 is 1.74 bits per heavy atom. The van der Waals surface area contributed by atoms with Crippen molar-refractivity contribution < 1.29 is 0 Å². The number of nitrogen functional groups attached to an aromatic ring is 1. The Labute approximate surface area is 116 Å². The number of benzene rings is 2. The van der Waals surface area contributed by atoms with E-state index >= 15 is 0 Å². The maximum Gasteiger partial charge on any atom is 0.0705 e. The Balaban J connectivity index is 1.88. The molecule has 0 spiro atoms. The van der Waals surface area contributed by atoms with Gasteiger partial charge in [0, 0.05) is 27.9 Å². The number of thioether (sulfide) groups is 1. The molecule has 0 radical (unpaired) electrons. The maximum atomic E-state index is 5.96. The van der Waals surface area contributed by atoms with Crippen molar-refractivity contribution in [2.45, 2.75) is 10.6 Å². The molecule has 0 saturated heterocycles. The molecule has 19 heavy (non-hydrogen) atoms. The molecule has 1 heterocycles. The van der Waals surface area contributed by atoms with E-state index in [0.29, 0.717) is 0 Å². The van der Waals surface area contributed by atoms with E-state index in [1.807, 2.05) is 36.5 Å². The Bertz CT molecular complexity index is 704. The lowest BCUT2D eigenvalue weighted by Gasteiger charge is -2.07. The molecule has 0 aliphatic rings.